The summed E-state index contributed by atoms with van der Waals surface area (Å²) in [7, 11) is 0. The van der Waals surface area contributed by atoms with Crippen molar-refractivity contribution < 1.29 is 4.79 Å². The highest BCUT2D eigenvalue weighted by molar-refractivity contribution is 5.91. The van der Waals surface area contributed by atoms with Gasteiger partial charge in [-0.1, -0.05) is 19.9 Å². The van der Waals surface area contributed by atoms with Crippen LogP contribution in [0.3, 0.4) is 0 Å². The molecule has 1 amide bonds. The largest absolute Gasteiger partial charge is 0.366 e. The molecule has 76 valence electrons. The van der Waals surface area contributed by atoms with E-state index in [0.717, 1.165) is 26.1 Å². The molecule has 0 bridgehead atoms. The quantitative estimate of drug-likeness (QED) is 0.629. The molecule has 0 aliphatic rings. The maximum atomic E-state index is 10.7. The third-order valence-electron chi connectivity index (χ3n) is 2.18. The Kier molecular flexibility index (Phi) is 6.24. The molecular weight excluding hydrogens is 164 g/mol. The van der Waals surface area contributed by atoms with Crippen LogP contribution in [-0.2, 0) is 4.79 Å². The van der Waals surface area contributed by atoms with Crippen molar-refractivity contribution in [1.82, 2.24) is 4.90 Å². The Hall–Kier alpha value is -0.830. The third kappa shape index (κ3) is 5.42. The minimum atomic E-state index is -0.320. The molecule has 0 saturated carbocycles. The SMILES string of the molecule is CCN(CC)CC/C=C(\C)C(N)=O. The van der Waals surface area contributed by atoms with Crippen LogP contribution in [-0.4, -0.2) is 30.4 Å². The summed E-state index contributed by atoms with van der Waals surface area (Å²) in [5.41, 5.74) is 5.76. The Labute approximate surface area is 80.6 Å². The number of hydrogen-bond acceptors (Lipinski definition) is 2. The van der Waals surface area contributed by atoms with Gasteiger partial charge in [-0.25, -0.2) is 0 Å². The molecule has 0 heterocycles. The first-order valence-electron chi connectivity index (χ1n) is 4.80. The Morgan fingerprint density at radius 2 is 1.92 bits per heavy atom. The zero-order valence-electron chi connectivity index (χ0n) is 8.84. The second-order valence-electron chi connectivity index (χ2n) is 3.07. The summed E-state index contributed by atoms with van der Waals surface area (Å²) in [5.74, 6) is -0.320. The van der Waals surface area contributed by atoms with Crippen molar-refractivity contribution >= 4 is 5.91 Å². The molecule has 0 radical (unpaired) electrons. The van der Waals surface area contributed by atoms with Crippen LogP contribution in [0.1, 0.15) is 27.2 Å². The lowest BCUT2D eigenvalue weighted by atomic mass is 10.2. The van der Waals surface area contributed by atoms with Gasteiger partial charge in [0.25, 0.3) is 0 Å². The van der Waals surface area contributed by atoms with Crippen molar-refractivity contribution in [3.8, 4) is 0 Å². The molecule has 3 heteroatoms. The molecule has 13 heavy (non-hydrogen) atoms. The molecule has 0 fully saturated rings. The normalized spacial score (nSPS) is 12.2. The summed E-state index contributed by atoms with van der Waals surface area (Å²) in [6.45, 7) is 9.13. The van der Waals surface area contributed by atoms with E-state index < -0.39 is 0 Å². The standard InChI is InChI=1S/C10H20N2O/c1-4-12(5-2)8-6-7-9(3)10(11)13/h7H,4-6,8H2,1-3H3,(H2,11,13)/b9-7+. The molecule has 0 atom stereocenters. The minimum Gasteiger partial charge on any atom is -0.366 e. The van der Waals surface area contributed by atoms with Crippen LogP contribution in [0, 0.1) is 0 Å². The van der Waals surface area contributed by atoms with Crippen molar-refractivity contribution in [1.29, 1.82) is 0 Å². The average molecular weight is 184 g/mol. The predicted octanol–water partition coefficient (Wildman–Crippen LogP) is 1.15. The molecule has 0 aliphatic heterocycles. The fourth-order valence-corrected chi connectivity index (χ4v) is 1.10. The van der Waals surface area contributed by atoms with Gasteiger partial charge in [-0.3, -0.25) is 4.79 Å². The first-order chi connectivity index (χ1) is 6.11. The first-order valence-corrected chi connectivity index (χ1v) is 4.80. The molecule has 0 unspecified atom stereocenters. The number of amides is 1. The lowest BCUT2D eigenvalue weighted by molar-refractivity contribution is -0.114. The third-order valence-corrected chi connectivity index (χ3v) is 2.18. The Bertz CT molecular complexity index is 183. The van der Waals surface area contributed by atoms with Crippen LogP contribution >= 0.6 is 0 Å². The number of hydrogen-bond donors (Lipinski definition) is 1. The maximum absolute atomic E-state index is 10.7. The molecule has 0 rings (SSSR count). The zero-order chi connectivity index (χ0) is 10.3. The first kappa shape index (κ1) is 12.2. The zero-order valence-corrected chi connectivity index (χ0v) is 8.84. The van der Waals surface area contributed by atoms with E-state index in [1.165, 1.54) is 0 Å². The van der Waals surface area contributed by atoms with E-state index in [2.05, 4.69) is 18.7 Å². The lowest BCUT2D eigenvalue weighted by Crippen LogP contribution is -2.23. The molecule has 0 aromatic rings. The fourth-order valence-electron chi connectivity index (χ4n) is 1.10. The lowest BCUT2D eigenvalue weighted by Gasteiger charge is -2.16. The topological polar surface area (TPSA) is 46.3 Å². The van der Waals surface area contributed by atoms with Crippen LogP contribution in [0.5, 0.6) is 0 Å². The molecular formula is C10H20N2O. The van der Waals surface area contributed by atoms with E-state index in [9.17, 15) is 4.79 Å². The second kappa shape index (κ2) is 6.66. The van der Waals surface area contributed by atoms with Gasteiger partial charge in [0.05, 0.1) is 0 Å². The van der Waals surface area contributed by atoms with Gasteiger partial charge in [-0.15, -0.1) is 0 Å². The summed E-state index contributed by atoms with van der Waals surface area (Å²) in [5, 5.41) is 0. The van der Waals surface area contributed by atoms with E-state index >= 15 is 0 Å². The van der Waals surface area contributed by atoms with E-state index in [-0.39, 0.29) is 5.91 Å². The van der Waals surface area contributed by atoms with Crippen LogP contribution in [0.4, 0.5) is 0 Å². The van der Waals surface area contributed by atoms with Gasteiger partial charge < -0.3 is 10.6 Å². The van der Waals surface area contributed by atoms with E-state index in [4.69, 9.17) is 5.73 Å². The Morgan fingerprint density at radius 1 is 1.38 bits per heavy atom. The van der Waals surface area contributed by atoms with Crippen molar-refractivity contribution in [3.05, 3.63) is 11.6 Å². The summed E-state index contributed by atoms with van der Waals surface area (Å²) in [6.07, 6.45) is 2.80. The summed E-state index contributed by atoms with van der Waals surface area (Å²) in [4.78, 5) is 13.0. The van der Waals surface area contributed by atoms with Crippen molar-refractivity contribution in [3.63, 3.8) is 0 Å². The van der Waals surface area contributed by atoms with Gasteiger partial charge in [0.2, 0.25) is 5.91 Å². The van der Waals surface area contributed by atoms with Gasteiger partial charge >= 0.3 is 0 Å². The minimum absolute atomic E-state index is 0.320. The van der Waals surface area contributed by atoms with Gasteiger partial charge in [0.1, 0.15) is 0 Å². The number of rotatable bonds is 6. The van der Waals surface area contributed by atoms with Crippen molar-refractivity contribution in [2.75, 3.05) is 19.6 Å². The molecule has 2 N–H and O–H groups in total. The number of carbonyl (C=O) groups is 1. The van der Waals surface area contributed by atoms with Gasteiger partial charge in [0, 0.05) is 12.1 Å². The molecule has 0 spiro atoms. The average Bonchev–Trinajstić information content (AvgIpc) is 2.12. The molecule has 0 aromatic carbocycles. The molecule has 3 nitrogen and oxygen atoms in total. The van der Waals surface area contributed by atoms with Gasteiger partial charge in [0.15, 0.2) is 0 Å². The highest BCUT2D eigenvalue weighted by Crippen LogP contribution is 1.96. The van der Waals surface area contributed by atoms with Crippen LogP contribution < -0.4 is 5.73 Å². The van der Waals surface area contributed by atoms with Crippen LogP contribution in [0.2, 0.25) is 0 Å². The van der Waals surface area contributed by atoms with Crippen molar-refractivity contribution in [2.45, 2.75) is 27.2 Å². The summed E-state index contributed by atoms with van der Waals surface area (Å²) >= 11 is 0. The van der Waals surface area contributed by atoms with Crippen LogP contribution in [0.15, 0.2) is 11.6 Å². The number of carbonyl (C=O) groups excluding carboxylic acids is 1. The number of nitrogens with two attached hydrogens (primary N) is 1. The van der Waals surface area contributed by atoms with Gasteiger partial charge in [-0.2, -0.15) is 0 Å². The Balaban J connectivity index is 3.76. The molecule has 0 saturated heterocycles. The van der Waals surface area contributed by atoms with E-state index in [1.807, 2.05) is 6.08 Å². The van der Waals surface area contributed by atoms with Gasteiger partial charge in [-0.05, 0) is 26.4 Å². The van der Waals surface area contributed by atoms with E-state index in [1.54, 1.807) is 6.92 Å². The molecule has 0 aliphatic carbocycles. The van der Waals surface area contributed by atoms with Crippen LogP contribution in [0.25, 0.3) is 0 Å². The highest BCUT2D eigenvalue weighted by Gasteiger charge is 1.98. The van der Waals surface area contributed by atoms with Crippen molar-refractivity contribution in [2.24, 2.45) is 5.73 Å². The number of primary amides is 1. The van der Waals surface area contributed by atoms with E-state index in [0.29, 0.717) is 5.57 Å². The monoisotopic (exact) mass is 184 g/mol. The predicted molar refractivity (Wildman–Crippen MR) is 55.4 cm³/mol. The summed E-state index contributed by atoms with van der Waals surface area (Å²) < 4.78 is 0. The fraction of sp³-hybridized carbons (Fsp3) is 0.700. The number of nitrogens with zero attached hydrogens (tertiary/aromatic N) is 1. The summed E-state index contributed by atoms with van der Waals surface area (Å²) in [6, 6.07) is 0. The second-order valence-corrected chi connectivity index (χ2v) is 3.07. The smallest absolute Gasteiger partial charge is 0.244 e. The highest BCUT2D eigenvalue weighted by atomic mass is 16.1. The Morgan fingerprint density at radius 3 is 2.31 bits per heavy atom. The molecule has 0 aromatic heterocycles. The maximum Gasteiger partial charge on any atom is 0.244 e.